The maximum absolute atomic E-state index is 12.4. The van der Waals surface area contributed by atoms with Crippen molar-refractivity contribution in [3.63, 3.8) is 0 Å². The van der Waals surface area contributed by atoms with Crippen molar-refractivity contribution < 1.29 is 9.21 Å². The van der Waals surface area contributed by atoms with Gasteiger partial charge in [0.25, 0.3) is 5.91 Å². The summed E-state index contributed by atoms with van der Waals surface area (Å²) in [7, 11) is 0. The van der Waals surface area contributed by atoms with Gasteiger partial charge < -0.3 is 9.73 Å². The van der Waals surface area contributed by atoms with Gasteiger partial charge in [-0.15, -0.1) is 0 Å². The summed E-state index contributed by atoms with van der Waals surface area (Å²) in [6.07, 6.45) is 4.75. The number of halogens is 1. The number of furan rings is 1. The topological polar surface area (TPSA) is 42.2 Å². The number of rotatable bonds is 2. The number of carbonyl (C=O) groups excluding carboxylic acids is 1. The molecule has 1 atom stereocenters. The van der Waals surface area contributed by atoms with Crippen LogP contribution in [0.4, 0.5) is 0 Å². The molecule has 0 spiro atoms. The zero-order chi connectivity index (χ0) is 14.1. The van der Waals surface area contributed by atoms with Gasteiger partial charge in [0.05, 0.1) is 17.9 Å². The molecule has 0 fully saturated rings. The summed E-state index contributed by atoms with van der Waals surface area (Å²) in [5.41, 5.74) is 2.95. The lowest BCUT2D eigenvalue weighted by Crippen LogP contribution is -2.31. The third-order valence-electron chi connectivity index (χ3n) is 3.77. The molecule has 1 aromatic heterocycles. The van der Waals surface area contributed by atoms with Crippen molar-refractivity contribution in [1.82, 2.24) is 5.32 Å². The summed E-state index contributed by atoms with van der Waals surface area (Å²) in [5, 5.41) is 3.13. The highest BCUT2D eigenvalue weighted by Crippen LogP contribution is 2.33. The fourth-order valence-corrected chi connectivity index (χ4v) is 3.27. The quantitative estimate of drug-likeness (QED) is 0.896. The lowest BCUT2D eigenvalue weighted by Gasteiger charge is -2.24. The highest BCUT2D eigenvalue weighted by molar-refractivity contribution is 9.10. The van der Waals surface area contributed by atoms with Crippen LogP contribution in [0.25, 0.3) is 0 Å². The van der Waals surface area contributed by atoms with Crippen molar-refractivity contribution >= 4 is 21.8 Å². The predicted octanol–water partition coefficient (Wildman–Crippen LogP) is 4.16. The minimum Gasteiger partial charge on any atom is -0.469 e. The van der Waals surface area contributed by atoms with Gasteiger partial charge in [-0.25, -0.2) is 0 Å². The smallest absolute Gasteiger partial charge is 0.252 e. The van der Waals surface area contributed by atoms with Crippen LogP contribution < -0.4 is 5.32 Å². The number of amides is 1. The van der Waals surface area contributed by atoms with Crippen LogP contribution in [0.2, 0.25) is 0 Å². The number of benzene rings is 1. The molecular formula is C16H16BrNO2. The van der Waals surface area contributed by atoms with E-state index in [-0.39, 0.29) is 11.9 Å². The monoisotopic (exact) mass is 333 g/mol. The highest BCUT2D eigenvalue weighted by atomic mass is 79.9. The Kier molecular flexibility index (Phi) is 3.66. The Hall–Kier alpha value is -1.55. The molecule has 1 N–H and O–H groups in total. The fourth-order valence-electron chi connectivity index (χ4n) is 2.81. The van der Waals surface area contributed by atoms with E-state index in [0.717, 1.165) is 40.6 Å². The van der Waals surface area contributed by atoms with Crippen LogP contribution in [0.1, 0.15) is 46.1 Å². The predicted molar refractivity (Wildman–Crippen MR) is 80.7 cm³/mol. The van der Waals surface area contributed by atoms with Crippen LogP contribution in [0.15, 0.2) is 39.4 Å². The average Bonchev–Trinajstić information content (AvgIpc) is 2.82. The van der Waals surface area contributed by atoms with Crippen molar-refractivity contribution in [2.75, 3.05) is 0 Å². The number of hydrogen-bond acceptors (Lipinski definition) is 2. The second kappa shape index (κ2) is 5.44. The van der Waals surface area contributed by atoms with E-state index in [1.807, 2.05) is 31.2 Å². The molecule has 0 saturated heterocycles. The van der Waals surface area contributed by atoms with Crippen LogP contribution in [0, 0.1) is 6.92 Å². The third kappa shape index (κ3) is 2.40. The van der Waals surface area contributed by atoms with E-state index in [9.17, 15) is 4.79 Å². The summed E-state index contributed by atoms with van der Waals surface area (Å²) in [5.74, 6) is 0.974. The third-order valence-corrected chi connectivity index (χ3v) is 4.46. The molecule has 3 rings (SSSR count). The Morgan fingerprint density at radius 3 is 3.00 bits per heavy atom. The molecule has 1 aromatic carbocycles. The molecule has 1 aliphatic carbocycles. The summed E-state index contributed by atoms with van der Waals surface area (Å²) in [6.45, 7) is 2.03. The van der Waals surface area contributed by atoms with E-state index in [4.69, 9.17) is 4.42 Å². The van der Waals surface area contributed by atoms with Crippen LogP contribution in [-0.4, -0.2) is 5.91 Å². The molecule has 0 aliphatic heterocycles. The lowest BCUT2D eigenvalue weighted by molar-refractivity contribution is 0.0931. The normalized spacial score (nSPS) is 17.6. The molecule has 1 amide bonds. The molecule has 1 heterocycles. The van der Waals surface area contributed by atoms with Gasteiger partial charge in [0.15, 0.2) is 0 Å². The van der Waals surface area contributed by atoms with E-state index in [1.165, 1.54) is 0 Å². The Balaban J connectivity index is 1.84. The Bertz CT molecular complexity index is 648. The summed E-state index contributed by atoms with van der Waals surface area (Å²) >= 11 is 3.42. The summed E-state index contributed by atoms with van der Waals surface area (Å²) < 4.78 is 6.38. The number of nitrogens with one attached hydrogen (secondary N) is 1. The summed E-state index contributed by atoms with van der Waals surface area (Å²) in [4.78, 5) is 12.4. The highest BCUT2D eigenvalue weighted by Gasteiger charge is 2.27. The minimum atomic E-state index is -0.0454. The second-order valence-corrected chi connectivity index (χ2v) is 6.01. The van der Waals surface area contributed by atoms with Gasteiger partial charge >= 0.3 is 0 Å². The van der Waals surface area contributed by atoms with Crippen molar-refractivity contribution in [1.29, 1.82) is 0 Å². The van der Waals surface area contributed by atoms with Gasteiger partial charge in [0, 0.05) is 16.5 Å². The zero-order valence-electron chi connectivity index (χ0n) is 11.3. The maximum Gasteiger partial charge on any atom is 0.252 e. The molecule has 104 valence electrons. The van der Waals surface area contributed by atoms with Gasteiger partial charge in [-0.1, -0.05) is 12.1 Å². The maximum atomic E-state index is 12.4. The fraction of sp³-hybridized carbons (Fsp3) is 0.312. The van der Waals surface area contributed by atoms with E-state index in [0.29, 0.717) is 5.56 Å². The first-order valence-electron chi connectivity index (χ1n) is 6.79. The summed E-state index contributed by atoms with van der Waals surface area (Å²) in [6, 6.07) is 7.53. The first-order chi connectivity index (χ1) is 9.66. The van der Waals surface area contributed by atoms with E-state index >= 15 is 0 Å². The Labute approximate surface area is 126 Å². The number of carbonyl (C=O) groups is 1. The van der Waals surface area contributed by atoms with E-state index < -0.39 is 0 Å². The Morgan fingerprint density at radius 1 is 1.40 bits per heavy atom. The second-order valence-electron chi connectivity index (χ2n) is 5.15. The standard InChI is InChI=1S/C16H16BrNO2/c1-10-9-20-14-8-4-7-13(15(10)14)18-16(19)11-5-2-3-6-12(11)17/h2-3,5-6,9,13H,4,7-8H2,1H3,(H,18,19). The molecule has 1 aliphatic rings. The molecule has 0 bridgehead atoms. The average molecular weight is 334 g/mol. The first kappa shape index (κ1) is 13.4. The molecule has 0 radical (unpaired) electrons. The van der Waals surface area contributed by atoms with Gasteiger partial charge in [0.2, 0.25) is 0 Å². The zero-order valence-corrected chi connectivity index (χ0v) is 12.9. The molecule has 2 aromatic rings. The molecule has 20 heavy (non-hydrogen) atoms. The van der Waals surface area contributed by atoms with Crippen LogP contribution >= 0.6 is 15.9 Å². The molecule has 1 unspecified atom stereocenters. The van der Waals surface area contributed by atoms with Crippen molar-refractivity contribution in [3.8, 4) is 0 Å². The molecular weight excluding hydrogens is 318 g/mol. The number of fused-ring (bicyclic) bond motifs is 1. The number of aryl methyl sites for hydroxylation is 2. The van der Waals surface area contributed by atoms with Gasteiger partial charge in [0.1, 0.15) is 5.76 Å². The molecule has 3 nitrogen and oxygen atoms in total. The van der Waals surface area contributed by atoms with E-state index in [1.54, 1.807) is 6.26 Å². The van der Waals surface area contributed by atoms with E-state index in [2.05, 4.69) is 21.2 Å². The van der Waals surface area contributed by atoms with Gasteiger partial charge in [-0.3, -0.25) is 4.79 Å². The van der Waals surface area contributed by atoms with Crippen molar-refractivity contribution in [2.24, 2.45) is 0 Å². The lowest BCUT2D eigenvalue weighted by atomic mass is 9.90. The van der Waals surface area contributed by atoms with Crippen LogP contribution in [0.5, 0.6) is 0 Å². The van der Waals surface area contributed by atoms with Crippen molar-refractivity contribution in [3.05, 3.63) is 57.5 Å². The van der Waals surface area contributed by atoms with Crippen LogP contribution in [-0.2, 0) is 6.42 Å². The Morgan fingerprint density at radius 2 is 2.20 bits per heavy atom. The van der Waals surface area contributed by atoms with Gasteiger partial charge in [-0.2, -0.15) is 0 Å². The first-order valence-corrected chi connectivity index (χ1v) is 7.58. The largest absolute Gasteiger partial charge is 0.469 e. The number of hydrogen-bond donors (Lipinski definition) is 1. The molecule has 0 saturated carbocycles. The molecule has 4 heteroatoms. The SMILES string of the molecule is Cc1coc2c1C(NC(=O)c1ccccc1Br)CCC2. The van der Waals surface area contributed by atoms with Gasteiger partial charge in [-0.05, 0) is 53.4 Å². The van der Waals surface area contributed by atoms with Crippen LogP contribution in [0.3, 0.4) is 0 Å². The van der Waals surface area contributed by atoms with Crippen molar-refractivity contribution in [2.45, 2.75) is 32.2 Å². The minimum absolute atomic E-state index is 0.0454.